The summed E-state index contributed by atoms with van der Waals surface area (Å²) in [5.41, 5.74) is 0.766. The molecule has 2 heterocycles. The summed E-state index contributed by atoms with van der Waals surface area (Å²) in [7, 11) is 3.38. The monoisotopic (exact) mass is 403 g/mol. The Kier molecular flexibility index (Phi) is 5.47. The first-order valence-electron chi connectivity index (χ1n) is 9.31. The third kappa shape index (κ3) is 3.82. The maximum Gasteiger partial charge on any atom is 0.208 e. The standard InChI is InChI=1S/C18H22FN7OS/c1-25(11-16-20-23-24-26(16)13-6-4-3-5-7-13)18-22-21-17(28-18)12-8-9-14(19)15(10-12)27-2/h8-10,13H,3-7,11H2,1-2H3. The van der Waals surface area contributed by atoms with Crippen LogP contribution in [0, 0.1) is 5.82 Å². The molecule has 0 amide bonds. The lowest BCUT2D eigenvalue weighted by atomic mass is 9.95. The lowest BCUT2D eigenvalue weighted by Crippen LogP contribution is -2.23. The molecule has 0 atom stereocenters. The number of hydrogen-bond donors (Lipinski definition) is 0. The van der Waals surface area contributed by atoms with E-state index in [1.54, 1.807) is 12.1 Å². The number of anilines is 1. The molecule has 1 saturated carbocycles. The SMILES string of the molecule is COc1cc(-c2nnc(N(C)Cc3nnnn3C3CCCCC3)s2)ccc1F. The average molecular weight is 403 g/mol. The molecule has 0 spiro atoms. The minimum absolute atomic E-state index is 0.189. The number of halogens is 1. The first kappa shape index (κ1) is 18.7. The van der Waals surface area contributed by atoms with Crippen LogP contribution in [-0.2, 0) is 6.54 Å². The number of aromatic nitrogens is 6. The van der Waals surface area contributed by atoms with Crippen molar-refractivity contribution in [1.82, 2.24) is 30.4 Å². The molecule has 148 valence electrons. The zero-order valence-electron chi connectivity index (χ0n) is 15.9. The number of benzene rings is 1. The Bertz CT molecular complexity index is 938. The van der Waals surface area contributed by atoms with E-state index in [2.05, 4.69) is 25.7 Å². The predicted molar refractivity (Wildman–Crippen MR) is 104 cm³/mol. The summed E-state index contributed by atoms with van der Waals surface area (Å²) in [6.45, 7) is 0.547. The Morgan fingerprint density at radius 3 is 2.82 bits per heavy atom. The van der Waals surface area contributed by atoms with Gasteiger partial charge in [-0.3, -0.25) is 0 Å². The quantitative estimate of drug-likeness (QED) is 0.623. The predicted octanol–water partition coefficient (Wildman–Crippen LogP) is 3.48. The molecule has 0 radical (unpaired) electrons. The number of rotatable bonds is 6. The highest BCUT2D eigenvalue weighted by molar-refractivity contribution is 7.18. The van der Waals surface area contributed by atoms with Crippen molar-refractivity contribution < 1.29 is 9.13 Å². The molecule has 1 aliphatic rings. The molecule has 1 aromatic carbocycles. The van der Waals surface area contributed by atoms with E-state index in [1.165, 1.54) is 43.8 Å². The van der Waals surface area contributed by atoms with E-state index < -0.39 is 5.82 Å². The fourth-order valence-corrected chi connectivity index (χ4v) is 4.29. The van der Waals surface area contributed by atoms with E-state index in [1.807, 2.05) is 16.6 Å². The summed E-state index contributed by atoms with van der Waals surface area (Å²) in [4.78, 5) is 1.98. The highest BCUT2D eigenvalue weighted by atomic mass is 32.1. The number of hydrogen-bond acceptors (Lipinski definition) is 8. The van der Waals surface area contributed by atoms with Gasteiger partial charge in [0.2, 0.25) is 5.13 Å². The van der Waals surface area contributed by atoms with E-state index in [-0.39, 0.29) is 5.75 Å². The summed E-state index contributed by atoms with van der Waals surface area (Å²) in [5.74, 6) is 0.617. The Balaban J connectivity index is 1.50. The number of tetrazole rings is 1. The van der Waals surface area contributed by atoms with Crippen LogP contribution in [0.25, 0.3) is 10.6 Å². The maximum atomic E-state index is 13.6. The minimum Gasteiger partial charge on any atom is -0.494 e. The van der Waals surface area contributed by atoms with Crippen LogP contribution in [0.1, 0.15) is 44.0 Å². The van der Waals surface area contributed by atoms with Crippen molar-refractivity contribution in [3.63, 3.8) is 0 Å². The molecule has 0 aliphatic heterocycles. The van der Waals surface area contributed by atoms with Crippen molar-refractivity contribution >= 4 is 16.5 Å². The summed E-state index contributed by atoms with van der Waals surface area (Å²) >= 11 is 1.43. The third-order valence-corrected chi connectivity index (χ3v) is 6.09. The van der Waals surface area contributed by atoms with Gasteiger partial charge in [0.1, 0.15) is 5.01 Å². The second kappa shape index (κ2) is 8.17. The van der Waals surface area contributed by atoms with Crippen LogP contribution in [0.15, 0.2) is 18.2 Å². The van der Waals surface area contributed by atoms with Crippen LogP contribution >= 0.6 is 11.3 Å². The highest BCUT2D eigenvalue weighted by Gasteiger charge is 2.21. The molecular formula is C18H22FN7OS. The first-order chi connectivity index (χ1) is 13.7. The summed E-state index contributed by atoms with van der Waals surface area (Å²) in [6.07, 6.45) is 5.98. The Morgan fingerprint density at radius 2 is 2.04 bits per heavy atom. The Morgan fingerprint density at radius 1 is 1.21 bits per heavy atom. The molecule has 1 aliphatic carbocycles. The van der Waals surface area contributed by atoms with Gasteiger partial charge in [-0.05, 0) is 41.5 Å². The molecular weight excluding hydrogens is 381 g/mol. The summed E-state index contributed by atoms with van der Waals surface area (Å²) in [5, 5.41) is 22.3. The number of ether oxygens (including phenoxy) is 1. The van der Waals surface area contributed by atoms with Crippen molar-refractivity contribution in [3.8, 4) is 16.3 Å². The van der Waals surface area contributed by atoms with E-state index >= 15 is 0 Å². The summed E-state index contributed by atoms with van der Waals surface area (Å²) in [6, 6.07) is 5.05. The fraction of sp³-hybridized carbons (Fsp3) is 0.500. The van der Waals surface area contributed by atoms with E-state index in [9.17, 15) is 4.39 Å². The van der Waals surface area contributed by atoms with Crippen molar-refractivity contribution in [1.29, 1.82) is 0 Å². The number of methoxy groups -OCH3 is 1. The highest BCUT2D eigenvalue weighted by Crippen LogP contribution is 2.32. The van der Waals surface area contributed by atoms with Gasteiger partial charge in [-0.2, -0.15) is 0 Å². The van der Waals surface area contributed by atoms with Crippen LogP contribution in [0.5, 0.6) is 5.75 Å². The van der Waals surface area contributed by atoms with Crippen molar-refractivity contribution in [2.45, 2.75) is 44.7 Å². The molecule has 0 unspecified atom stereocenters. The fourth-order valence-electron chi connectivity index (χ4n) is 3.48. The van der Waals surface area contributed by atoms with Gasteiger partial charge in [-0.25, -0.2) is 9.07 Å². The van der Waals surface area contributed by atoms with Crippen molar-refractivity contribution in [3.05, 3.63) is 29.8 Å². The van der Waals surface area contributed by atoms with Crippen molar-refractivity contribution in [2.75, 3.05) is 19.1 Å². The molecule has 0 saturated heterocycles. The van der Waals surface area contributed by atoms with Crippen LogP contribution in [0.3, 0.4) is 0 Å². The zero-order chi connectivity index (χ0) is 19.5. The van der Waals surface area contributed by atoms with Crippen LogP contribution in [-0.4, -0.2) is 44.6 Å². The topological polar surface area (TPSA) is 81.8 Å². The van der Waals surface area contributed by atoms with E-state index in [4.69, 9.17) is 4.74 Å². The van der Waals surface area contributed by atoms with Crippen LogP contribution in [0.4, 0.5) is 9.52 Å². The van der Waals surface area contributed by atoms with Crippen molar-refractivity contribution in [2.24, 2.45) is 0 Å². The van der Waals surface area contributed by atoms with E-state index in [0.29, 0.717) is 17.6 Å². The van der Waals surface area contributed by atoms with Gasteiger partial charge in [-0.15, -0.1) is 15.3 Å². The maximum absolute atomic E-state index is 13.6. The molecule has 2 aromatic heterocycles. The third-order valence-electron chi connectivity index (χ3n) is 5.00. The number of nitrogens with zero attached hydrogens (tertiary/aromatic N) is 7. The second-order valence-electron chi connectivity index (χ2n) is 6.93. The molecule has 10 heteroatoms. The van der Waals surface area contributed by atoms with Gasteiger partial charge in [-0.1, -0.05) is 30.6 Å². The molecule has 0 N–H and O–H groups in total. The lowest BCUT2D eigenvalue weighted by Gasteiger charge is -2.23. The van der Waals surface area contributed by atoms with Gasteiger partial charge < -0.3 is 9.64 Å². The zero-order valence-corrected chi connectivity index (χ0v) is 16.7. The van der Waals surface area contributed by atoms with E-state index in [0.717, 1.165) is 29.4 Å². The molecule has 28 heavy (non-hydrogen) atoms. The lowest BCUT2D eigenvalue weighted by molar-refractivity contribution is 0.316. The Hall–Kier alpha value is -2.62. The van der Waals surface area contributed by atoms with Gasteiger partial charge in [0.05, 0.1) is 19.7 Å². The van der Waals surface area contributed by atoms with Gasteiger partial charge in [0.25, 0.3) is 0 Å². The molecule has 0 bridgehead atoms. The average Bonchev–Trinajstić information content (AvgIpc) is 3.39. The first-order valence-corrected chi connectivity index (χ1v) is 10.1. The van der Waals surface area contributed by atoms with Gasteiger partial charge >= 0.3 is 0 Å². The second-order valence-corrected chi connectivity index (χ2v) is 7.88. The van der Waals surface area contributed by atoms with Gasteiger partial charge in [0.15, 0.2) is 17.4 Å². The summed E-state index contributed by atoms with van der Waals surface area (Å²) < 4.78 is 20.6. The normalized spacial score (nSPS) is 15.0. The Labute approximate surface area is 166 Å². The molecule has 1 fully saturated rings. The minimum atomic E-state index is -0.400. The largest absolute Gasteiger partial charge is 0.494 e. The molecule has 8 nitrogen and oxygen atoms in total. The molecule has 4 rings (SSSR count). The van der Waals surface area contributed by atoms with Crippen LogP contribution in [0.2, 0.25) is 0 Å². The van der Waals surface area contributed by atoms with Gasteiger partial charge in [0, 0.05) is 12.6 Å². The van der Waals surface area contributed by atoms with Crippen LogP contribution < -0.4 is 9.64 Å². The molecule has 3 aromatic rings. The smallest absolute Gasteiger partial charge is 0.208 e.